The number of hydrogen-bond donors (Lipinski definition) is 0. The molecule has 13 heavy (non-hydrogen) atoms. The van der Waals surface area contributed by atoms with E-state index in [1.54, 1.807) is 0 Å². The van der Waals surface area contributed by atoms with Crippen LogP contribution in [0.15, 0.2) is 11.6 Å². The largest absolute Gasteiger partial charge is 0.230 e. The Balaban J connectivity index is 2.36. The van der Waals surface area contributed by atoms with Crippen molar-refractivity contribution in [3.05, 3.63) is 11.6 Å². The van der Waals surface area contributed by atoms with Crippen molar-refractivity contribution in [2.75, 3.05) is 0 Å². The van der Waals surface area contributed by atoms with Crippen molar-refractivity contribution >= 4 is 0 Å². The summed E-state index contributed by atoms with van der Waals surface area (Å²) in [6, 6.07) is 0. The van der Waals surface area contributed by atoms with Gasteiger partial charge < -0.3 is 0 Å². The van der Waals surface area contributed by atoms with E-state index in [2.05, 4.69) is 13.0 Å². The lowest BCUT2D eigenvalue weighted by Gasteiger charge is -2.25. The van der Waals surface area contributed by atoms with E-state index in [-0.39, 0.29) is 11.7 Å². The van der Waals surface area contributed by atoms with Crippen molar-refractivity contribution in [1.29, 1.82) is 0 Å². The van der Waals surface area contributed by atoms with E-state index in [1.165, 1.54) is 18.4 Å². The minimum atomic E-state index is -0.211. The predicted octanol–water partition coefficient (Wildman–Crippen LogP) is 3.23. The van der Waals surface area contributed by atoms with E-state index >= 15 is 0 Å². The molecule has 0 spiro atoms. The Labute approximate surface area is 80.8 Å². The Bertz CT molecular complexity index is 189. The smallest absolute Gasteiger partial charge is 0.114 e. The van der Waals surface area contributed by atoms with Gasteiger partial charge in [-0.25, -0.2) is 9.78 Å². The van der Waals surface area contributed by atoms with Crippen molar-refractivity contribution in [1.82, 2.24) is 0 Å². The van der Waals surface area contributed by atoms with E-state index in [1.807, 2.05) is 20.8 Å². The van der Waals surface area contributed by atoms with E-state index in [0.29, 0.717) is 0 Å². The highest BCUT2D eigenvalue weighted by atomic mass is 17.2. The SMILES string of the molecule is CC1=CCCCC1OOC(C)(C)C. The Morgan fingerprint density at radius 3 is 2.62 bits per heavy atom. The highest BCUT2D eigenvalue weighted by Crippen LogP contribution is 2.22. The molecular weight excluding hydrogens is 164 g/mol. The molecule has 1 atom stereocenters. The molecule has 0 aromatic carbocycles. The van der Waals surface area contributed by atoms with Crippen LogP contribution in [0.3, 0.4) is 0 Å². The normalized spacial score (nSPS) is 24.3. The summed E-state index contributed by atoms with van der Waals surface area (Å²) in [5, 5.41) is 0. The second-order valence-corrected chi connectivity index (χ2v) is 4.66. The zero-order valence-electron chi connectivity index (χ0n) is 9.09. The first-order valence-electron chi connectivity index (χ1n) is 5.00. The van der Waals surface area contributed by atoms with Crippen LogP contribution in [0.2, 0.25) is 0 Å². The second-order valence-electron chi connectivity index (χ2n) is 4.66. The summed E-state index contributed by atoms with van der Waals surface area (Å²) >= 11 is 0. The fourth-order valence-electron chi connectivity index (χ4n) is 1.32. The van der Waals surface area contributed by atoms with Gasteiger partial charge >= 0.3 is 0 Å². The fraction of sp³-hybridized carbons (Fsp3) is 0.818. The molecule has 1 rings (SSSR count). The third-order valence-corrected chi connectivity index (χ3v) is 2.06. The van der Waals surface area contributed by atoms with Gasteiger partial charge in [0.05, 0.1) is 5.60 Å². The molecule has 0 bridgehead atoms. The maximum atomic E-state index is 5.39. The lowest BCUT2D eigenvalue weighted by atomic mass is 9.98. The summed E-state index contributed by atoms with van der Waals surface area (Å²) in [6.45, 7) is 8.09. The average molecular weight is 184 g/mol. The maximum absolute atomic E-state index is 5.39. The van der Waals surface area contributed by atoms with Gasteiger partial charge in [-0.3, -0.25) is 0 Å². The van der Waals surface area contributed by atoms with Gasteiger partial charge in [-0.05, 0) is 52.5 Å². The average Bonchev–Trinajstić information content (AvgIpc) is 2.01. The Morgan fingerprint density at radius 1 is 1.38 bits per heavy atom. The standard InChI is InChI=1S/C11H20O2/c1-9-7-5-6-8-10(9)12-13-11(2,3)4/h7,10H,5-6,8H2,1-4H3. The topological polar surface area (TPSA) is 18.5 Å². The Hall–Kier alpha value is -0.340. The minimum Gasteiger partial charge on any atom is -0.230 e. The van der Waals surface area contributed by atoms with Gasteiger partial charge in [0.15, 0.2) is 0 Å². The summed E-state index contributed by atoms with van der Waals surface area (Å²) in [4.78, 5) is 10.7. The van der Waals surface area contributed by atoms with Crippen LogP contribution >= 0.6 is 0 Å². The summed E-state index contributed by atoms with van der Waals surface area (Å²) in [6.07, 6.45) is 5.88. The van der Waals surface area contributed by atoms with E-state index in [4.69, 9.17) is 9.78 Å². The summed E-state index contributed by atoms with van der Waals surface area (Å²) < 4.78 is 0. The first-order valence-corrected chi connectivity index (χ1v) is 5.00. The van der Waals surface area contributed by atoms with Gasteiger partial charge in [0.1, 0.15) is 6.10 Å². The molecule has 0 saturated carbocycles. The molecule has 0 heterocycles. The number of allylic oxidation sites excluding steroid dienone is 1. The first kappa shape index (κ1) is 10.7. The van der Waals surface area contributed by atoms with Crippen molar-refractivity contribution in [2.45, 2.75) is 58.7 Å². The molecule has 76 valence electrons. The molecule has 1 aliphatic carbocycles. The van der Waals surface area contributed by atoms with Crippen LogP contribution in [0.1, 0.15) is 47.0 Å². The first-order chi connectivity index (χ1) is 5.99. The van der Waals surface area contributed by atoms with Crippen LogP contribution in [0.4, 0.5) is 0 Å². The van der Waals surface area contributed by atoms with Gasteiger partial charge in [0.2, 0.25) is 0 Å². The number of hydrogen-bond acceptors (Lipinski definition) is 2. The summed E-state index contributed by atoms with van der Waals surface area (Å²) in [7, 11) is 0. The zero-order valence-corrected chi connectivity index (χ0v) is 9.09. The second kappa shape index (κ2) is 4.25. The van der Waals surface area contributed by atoms with Crippen molar-refractivity contribution < 1.29 is 9.78 Å². The van der Waals surface area contributed by atoms with Crippen molar-refractivity contribution in [2.24, 2.45) is 0 Å². The van der Waals surface area contributed by atoms with Crippen molar-refractivity contribution in [3.63, 3.8) is 0 Å². The predicted molar refractivity (Wildman–Crippen MR) is 53.3 cm³/mol. The molecule has 0 saturated heterocycles. The molecular formula is C11H20O2. The summed E-state index contributed by atoms with van der Waals surface area (Å²) in [5.74, 6) is 0. The highest BCUT2D eigenvalue weighted by molar-refractivity contribution is 5.07. The van der Waals surface area contributed by atoms with Crippen LogP contribution < -0.4 is 0 Å². The van der Waals surface area contributed by atoms with E-state index in [0.717, 1.165) is 6.42 Å². The number of rotatable bonds is 2. The van der Waals surface area contributed by atoms with Crippen LogP contribution in [0.25, 0.3) is 0 Å². The van der Waals surface area contributed by atoms with Gasteiger partial charge in [0, 0.05) is 0 Å². The van der Waals surface area contributed by atoms with Gasteiger partial charge in [0.25, 0.3) is 0 Å². The monoisotopic (exact) mass is 184 g/mol. The van der Waals surface area contributed by atoms with Crippen LogP contribution in [-0.2, 0) is 9.78 Å². The molecule has 0 radical (unpaired) electrons. The maximum Gasteiger partial charge on any atom is 0.114 e. The minimum absolute atomic E-state index is 0.174. The molecule has 0 N–H and O–H groups in total. The van der Waals surface area contributed by atoms with E-state index < -0.39 is 0 Å². The molecule has 0 fully saturated rings. The third-order valence-electron chi connectivity index (χ3n) is 2.06. The van der Waals surface area contributed by atoms with Crippen LogP contribution in [-0.4, -0.2) is 11.7 Å². The van der Waals surface area contributed by atoms with Crippen LogP contribution in [0.5, 0.6) is 0 Å². The molecule has 2 nitrogen and oxygen atoms in total. The van der Waals surface area contributed by atoms with E-state index in [9.17, 15) is 0 Å². The zero-order chi connectivity index (χ0) is 9.90. The Morgan fingerprint density at radius 2 is 2.08 bits per heavy atom. The van der Waals surface area contributed by atoms with Gasteiger partial charge in [-0.1, -0.05) is 6.08 Å². The van der Waals surface area contributed by atoms with Gasteiger partial charge in [-0.2, -0.15) is 0 Å². The molecule has 2 heteroatoms. The van der Waals surface area contributed by atoms with Gasteiger partial charge in [-0.15, -0.1) is 0 Å². The molecule has 0 amide bonds. The molecule has 1 unspecified atom stereocenters. The molecule has 0 aliphatic heterocycles. The highest BCUT2D eigenvalue weighted by Gasteiger charge is 2.19. The third kappa shape index (κ3) is 3.92. The fourth-order valence-corrected chi connectivity index (χ4v) is 1.32. The molecule has 0 aromatic heterocycles. The Kier molecular flexibility index (Phi) is 3.51. The lowest BCUT2D eigenvalue weighted by molar-refractivity contribution is -0.367. The van der Waals surface area contributed by atoms with Crippen molar-refractivity contribution in [3.8, 4) is 0 Å². The van der Waals surface area contributed by atoms with Crippen LogP contribution in [0, 0.1) is 0 Å². The molecule has 0 aromatic rings. The quantitative estimate of drug-likeness (QED) is 0.372. The summed E-state index contributed by atoms with van der Waals surface area (Å²) in [5.41, 5.74) is 1.09. The molecule has 1 aliphatic rings. The lowest BCUT2D eigenvalue weighted by Crippen LogP contribution is -2.25.